The second-order valence-electron chi connectivity index (χ2n) is 5.80. The Balaban J connectivity index is 1.79. The fraction of sp³-hybridized carbons (Fsp3) is 0.500. The molecule has 3 rings (SSSR count). The third-order valence-electron chi connectivity index (χ3n) is 4.10. The van der Waals surface area contributed by atoms with Crippen LogP contribution in [0.4, 0.5) is 11.4 Å². The Labute approximate surface area is 134 Å². The van der Waals surface area contributed by atoms with Gasteiger partial charge in [-0.2, -0.15) is 0 Å². The monoisotopic (exact) mass is 320 g/mol. The van der Waals surface area contributed by atoms with Crippen LogP contribution in [-0.4, -0.2) is 47.6 Å². The highest BCUT2D eigenvalue weighted by Crippen LogP contribution is 2.42. The van der Waals surface area contributed by atoms with Crippen LogP contribution in [0.2, 0.25) is 0 Å². The van der Waals surface area contributed by atoms with Crippen LogP contribution in [0.5, 0.6) is 0 Å². The van der Waals surface area contributed by atoms with Crippen LogP contribution < -0.4 is 9.80 Å². The van der Waals surface area contributed by atoms with Crippen molar-refractivity contribution >= 4 is 35.0 Å². The molecule has 0 saturated heterocycles. The summed E-state index contributed by atoms with van der Waals surface area (Å²) < 4.78 is 0. The molecule has 1 heterocycles. The first kappa shape index (κ1) is 15.2. The van der Waals surface area contributed by atoms with Gasteiger partial charge in [0, 0.05) is 19.1 Å². The van der Waals surface area contributed by atoms with Crippen molar-refractivity contribution in [2.24, 2.45) is 0 Å². The number of rotatable bonds is 5. The molecule has 0 radical (unpaired) electrons. The first-order chi connectivity index (χ1) is 10.6. The van der Waals surface area contributed by atoms with E-state index in [0.29, 0.717) is 12.6 Å². The molecular formula is C16H20N2O3S. The van der Waals surface area contributed by atoms with E-state index in [0.717, 1.165) is 24.0 Å². The number of anilines is 2. The van der Waals surface area contributed by atoms with Gasteiger partial charge < -0.3 is 14.9 Å². The molecule has 1 saturated carbocycles. The van der Waals surface area contributed by atoms with Gasteiger partial charge in [-0.15, -0.1) is 11.8 Å². The lowest BCUT2D eigenvalue weighted by Gasteiger charge is -2.39. The minimum absolute atomic E-state index is 0.00598. The Morgan fingerprint density at radius 2 is 2.05 bits per heavy atom. The van der Waals surface area contributed by atoms with Crippen LogP contribution >= 0.6 is 11.8 Å². The van der Waals surface area contributed by atoms with E-state index >= 15 is 0 Å². The van der Waals surface area contributed by atoms with Gasteiger partial charge in [0.2, 0.25) is 5.91 Å². The van der Waals surface area contributed by atoms with Gasteiger partial charge >= 0.3 is 5.97 Å². The maximum Gasteiger partial charge on any atom is 0.313 e. The summed E-state index contributed by atoms with van der Waals surface area (Å²) in [6.45, 7) is 3.62. The van der Waals surface area contributed by atoms with Gasteiger partial charge in [-0.05, 0) is 31.4 Å². The normalized spacial score (nSPS) is 17.3. The highest BCUT2D eigenvalue weighted by atomic mass is 32.2. The largest absolute Gasteiger partial charge is 0.481 e. The van der Waals surface area contributed by atoms with Crippen molar-refractivity contribution in [1.29, 1.82) is 0 Å². The summed E-state index contributed by atoms with van der Waals surface area (Å²) in [6.07, 6.45) is 2.46. The van der Waals surface area contributed by atoms with Crippen LogP contribution in [0.1, 0.15) is 18.4 Å². The number of amides is 1. The summed E-state index contributed by atoms with van der Waals surface area (Å²) >= 11 is 1.16. The summed E-state index contributed by atoms with van der Waals surface area (Å²) in [6, 6.07) is 6.69. The fourth-order valence-electron chi connectivity index (χ4n) is 2.99. The number of carbonyl (C=O) groups excluding carboxylic acids is 1. The first-order valence-corrected chi connectivity index (χ1v) is 8.69. The lowest BCUT2D eigenvalue weighted by molar-refractivity contribution is -0.133. The number of carbonyl (C=O) groups is 2. The van der Waals surface area contributed by atoms with Gasteiger partial charge in [0.25, 0.3) is 0 Å². The summed E-state index contributed by atoms with van der Waals surface area (Å²) in [4.78, 5) is 27.3. The molecule has 1 amide bonds. The van der Waals surface area contributed by atoms with Gasteiger partial charge in [-0.1, -0.05) is 12.1 Å². The van der Waals surface area contributed by atoms with E-state index in [1.807, 2.05) is 17.0 Å². The number of hydrogen-bond acceptors (Lipinski definition) is 4. The zero-order valence-corrected chi connectivity index (χ0v) is 13.4. The summed E-state index contributed by atoms with van der Waals surface area (Å²) in [5, 5.41) is 8.68. The molecule has 1 aromatic carbocycles. The number of benzene rings is 1. The van der Waals surface area contributed by atoms with Crippen molar-refractivity contribution in [3.8, 4) is 0 Å². The van der Waals surface area contributed by atoms with Crippen molar-refractivity contribution in [3.05, 3.63) is 23.8 Å². The number of aliphatic carboxylic acids is 1. The first-order valence-electron chi connectivity index (χ1n) is 7.54. The van der Waals surface area contributed by atoms with E-state index in [2.05, 4.69) is 17.9 Å². The van der Waals surface area contributed by atoms with E-state index in [-0.39, 0.29) is 17.4 Å². The van der Waals surface area contributed by atoms with E-state index in [1.165, 1.54) is 24.1 Å². The molecule has 0 bridgehead atoms. The van der Waals surface area contributed by atoms with Crippen molar-refractivity contribution in [1.82, 2.24) is 0 Å². The number of thioether (sulfide) groups is 1. The standard InChI is InChI=1S/C16H20N2O3S/c1-11-3-2-4-13-16(11)17(12-5-6-12)7-8-18(13)14(19)9-22-10-15(20)21/h2-4,12H,5-10H2,1H3,(H,20,21). The topological polar surface area (TPSA) is 60.9 Å². The number of hydrogen-bond donors (Lipinski definition) is 1. The molecule has 118 valence electrons. The summed E-state index contributed by atoms with van der Waals surface area (Å²) in [7, 11) is 0. The lowest BCUT2D eigenvalue weighted by atomic mass is 10.1. The second-order valence-corrected chi connectivity index (χ2v) is 6.78. The Morgan fingerprint density at radius 1 is 1.27 bits per heavy atom. The Kier molecular flexibility index (Phi) is 4.29. The average molecular weight is 320 g/mol. The van der Waals surface area contributed by atoms with Crippen LogP contribution in [-0.2, 0) is 9.59 Å². The highest BCUT2D eigenvalue weighted by Gasteiger charge is 2.36. The van der Waals surface area contributed by atoms with Crippen molar-refractivity contribution in [2.75, 3.05) is 34.4 Å². The van der Waals surface area contributed by atoms with Crippen molar-refractivity contribution in [3.63, 3.8) is 0 Å². The number of fused-ring (bicyclic) bond motifs is 1. The molecular weight excluding hydrogens is 300 g/mol. The Hall–Kier alpha value is -1.69. The van der Waals surface area contributed by atoms with Gasteiger partial charge in [-0.25, -0.2) is 0 Å². The van der Waals surface area contributed by atoms with Gasteiger partial charge in [-0.3, -0.25) is 9.59 Å². The highest BCUT2D eigenvalue weighted by molar-refractivity contribution is 8.00. The number of carboxylic acids is 1. The molecule has 1 aromatic rings. The SMILES string of the molecule is Cc1cccc2c1N(C1CC1)CCN2C(=O)CSCC(=O)O. The molecule has 0 atom stereocenters. The van der Waals surface area contributed by atoms with E-state index < -0.39 is 5.97 Å². The Bertz CT molecular complexity index is 601. The molecule has 2 aliphatic rings. The fourth-order valence-corrected chi connectivity index (χ4v) is 3.60. The number of carboxylic acid groups (broad SMARTS) is 1. The molecule has 1 aliphatic heterocycles. The molecule has 0 spiro atoms. The van der Waals surface area contributed by atoms with E-state index in [4.69, 9.17) is 5.11 Å². The lowest BCUT2D eigenvalue weighted by Crippen LogP contribution is -2.46. The predicted octanol–water partition coefficient (Wildman–Crippen LogP) is 2.13. The minimum Gasteiger partial charge on any atom is -0.481 e. The van der Waals surface area contributed by atoms with Crippen LogP contribution in [0.25, 0.3) is 0 Å². The summed E-state index contributed by atoms with van der Waals surface area (Å²) in [5.74, 6) is -0.710. The van der Waals surface area contributed by atoms with Crippen LogP contribution in [0, 0.1) is 6.92 Å². The zero-order chi connectivity index (χ0) is 15.7. The molecule has 6 heteroatoms. The molecule has 1 fully saturated rings. The maximum absolute atomic E-state index is 12.4. The number of para-hydroxylation sites is 1. The molecule has 1 N–H and O–H groups in total. The number of nitrogens with zero attached hydrogens (tertiary/aromatic N) is 2. The minimum atomic E-state index is -0.882. The smallest absolute Gasteiger partial charge is 0.313 e. The van der Waals surface area contributed by atoms with Gasteiger partial charge in [0.1, 0.15) is 0 Å². The third-order valence-corrected chi connectivity index (χ3v) is 5.00. The molecule has 0 unspecified atom stereocenters. The van der Waals surface area contributed by atoms with Crippen LogP contribution in [0.3, 0.4) is 0 Å². The molecule has 22 heavy (non-hydrogen) atoms. The van der Waals surface area contributed by atoms with Gasteiger partial charge in [0.15, 0.2) is 0 Å². The van der Waals surface area contributed by atoms with Crippen molar-refractivity contribution in [2.45, 2.75) is 25.8 Å². The Morgan fingerprint density at radius 3 is 2.73 bits per heavy atom. The van der Waals surface area contributed by atoms with Crippen molar-refractivity contribution < 1.29 is 14.7 Å². The molecule has 0 aromatic heterocycles. The van der Waals surface area contributed by atoms with E-state index in [1.54, 1.807) is 0 Å². The predicted molar refractivity (Wildman–Crippen MR) is 88.9 cm³/mol. The zero-order valence-electron chi connectivity index (χ0n) is 12.6. The number of aryl methyl sites for hydroxylation is 1. The second kappa shape index (κ2) is 6.20. The third kappa shape index (κ3) is 3.06. The van der Waals surface area contributed by atoms with Gasteiger partial charge in [0.05, 0.1) is 22.9 Å². The molecule has 5 nitrogen and oxygen atoms in total. The van der Waals surface area contributed by atoms with E-state index in [9.17, 15) is 9.59 Å². The average Bonchev–Trinajstić information content (AvgIpc) is 3.30. The summed E-state index contributed by atoms with van der Waals surface area (Å²) in [5.41, 5.74) is 3.34. The quantitative estimate of drug-likeness (QED) is 0.900. The van der Waals surface area contributed by atoms with Crippen LogP contribution in [0.15, 0.2) is 18.2 Å². The maximum atomic E-state index is 12.4. The molecule has 1 aliphatic carbocycles.